The highest BCUT2D eigenvalue weighted by Gasteiger charge is 2.21. The Labute approximate surface area is 161 Å². The lowest BCUT2D eigenvalue weighted by atomic mass is 10.1. The van der Waals surface area contributed by atoms with Gasteiger partial charge in [0.2, 0.25) is 0 Å². The first-order valence-electron chi connectivity index (χ1n) is 8.37. The molecule has 0 spiro atoms. The van der Waals surface area contributed by atoms with E-state index in [2.05, 4.69) is 20.3 Å². The number of hydrogen-bond donors (Lipinski definition) is 1. The van der Waals surface area contributed by atoms with Crippen molar-refractivity contribution in [3.8, 4) is 0 Å². The summed E-state index contributed by atoms with van der Waals surface area (Å²) in [5.74, 6) is 0.968. The minimum atomic E-state index is 0. The van der Waals surface area contributed by atoms with Gasteiger partial charge in [-0.3, -0.25) is 9.67 Å². The zero-order chi connectivity index (χ0) is 16.3. The Morgan fingerprint density at radius 2 is 2.12 bits per heavy atom. The van der Waals surface area contributed by atoms with Crippen molar-refractivity contribution in [2.45, 2.75) is 31.9 Å². The Morgan fingerprint density at radius 3 is 2.75 bits per heavy atom. The highest BCUT2D eigenvalue weighted by molar-refractivity contribution is 14.0. The summed E-state index contributed by atoms with van der Waals surface area (Å²) in [6.45, 7) is 5.18. The standard InChI is InChI=1S/C16H29N5O2.HI/c1-17-16(18-8-12-21-9-3-7-19-21)20-10-5-15(6-11-20)23-14-4-13-22-2;/h3,7,9,15H,4-6,8,10-14H2,1-2H3,(H,17,18);1H. The lowest BCUT2D eigenvalue weighted by Gasteiger charge is -2.34. The fourth-order valence-electron chi connectivity index (χ4n) is 2.73. The highest BCUT2D eigenvalue weighted by Crippen LogP contribution is 2.14. The van der Waals surface area contributed by atoms with Crippen molar-refractivity contribution in [3.05, 3.63) is 18.5 Å². The Hall–Kier alpha value is -0.870. The van der Waals surface area contributed by atoms with Crippen molar-refractivity contribution in [1.82, 2.24) is 20.0 Å². The third kappa shape index (κ3) is 7.35. The molecule has 0 aromatic carbocycles. The molecule has 24 heavy (non-hydrogen) atoms. The summed E-state index contributed by atoms with van der Waals surface area (Å²) in [7, 11) is 3.56. The van der Waals surface area contributed by atoms with Gasteiger partial charge >= 0.3 is 0 Å². The molecule has 2 heterocycles. The van der Waals surface area contributed by atoms with Crippen molar-refractivity contribution in [2.24, 2.45) is 4.99 Å². The fourth-order valence-corrected chi connectivity index (χ4v) is 2.73. The molecule has 0 amide bonds. The number of rotatable bonds is 8. The minimum Gasteiger partial charge on any atom is -0.385 e. The molecule has 0 radical (unpaired) electrons. The number of guanidine groups is 1. The maximum Gasteiger partial charge on any atom is 0.193 e. The van der Waals surface area contributed by atoms with Gasteiger partial charge in [0.25, 0.3) is 0 Å². The molecule has 138 valence electrons. The van der Waals surface area contributed by atoms with Crippen LogP contribution in [0.15, 0.2) is 23.5 Å². The topological polar surface area (TPSA) is 63.9 Å². The molecule has 0 saturated carbocycles. The van der Waals surface area contributed by atoms with Gasteiger partial charge in [-0.2, -0.15) is 5.10 Å². The average molecular weight is 451 g/mol. The van der Waals surface area contributed by atoms with E-state index < -0.39 is 0 Å². The lowest BCUT2D eigenvalue weighted by Crippen LogP contribution is -2.47. The summed E-state index contributed by atoms with van der Waals surface area (Å²) >= 11 is 0. The van der Waals surface area contributed by atoms with Gasteiger partial charge in [0, 0.05) is 59.4 Å². The molecule has 0 aliphatic carbocycles. The second-order valence-electron chi connectivity index (χ2n) is 5.65. The van der Waals surface area contributed by atoms with E-state index in [1.165, 1.54) is 0 Å². The molecule has 8 heteroatoms. The average Bonchev–Trinajstić information content (AvgIpc) is 3.10. The number of aromatic nitrogens is 2. The van der Waals surface area contributed by atoms with Crippen LogP contribution in [0.4, 0.5) is 0 Å². The normalized spacial score (nSPS) is 16.1. The zero-order valence-corrected chi connectivity index (χ0v) is 17.0. The van der Waals surface area contributed by atoms with Gasteiger partial charge in [-0.15, -0.1) is 24.0 Å². The molecule has 0 unspecified atom stereocenters. The molecule has 2 rings (SSSR count). The number of halogens is 1. The first kappa shape index (κ1) is 21.2. The van der Waals surface area contributed by atoms with E-state index in [4.69, 9.17) is 9.47 Å². The molecule has 1 aromatic rings. The third-order valence-corrected chi connectivity index (χ3v) is 3.98. The Kier molecular flexibility index (Phi) is 11.0. The van der Waals surface area contributed by atoms with Crippen LogP contribution in [0.5, 0.6) is 0 Å². The van der Waals surface area contributed by atoms with E-state index in [0.29, 0.717) is 6.10 Å². The number of piperidine rings is 1. The number of nitrogens with zero attached hydrogens (tertiary/aromatic N) is 4. The van der Waals surface area contributed by atoms with Gasteiger partial charge in [-0.05, 0) is 25.3 Å². The largest absolute Gasteiger partial charge is 0.385 e. The van der Waals surface area contributed by atoms with Crippen LogP contribution in [-0.4, -0.2) is 73.7 Å². The van der Waals surface area contributed by atoms with E-state index >= 15 is 0 Å². The van der Waals surface area contributed by atoms with Crippen LogP contribution in [-0.2, 0) is 16.0 Å². The zero-order valence-electron chi connectivity index (χ0n) is 14.7. The monoisotopic (exact) mass is 451 g/mol. The van der Waals surface area contributed by atoms with Crippen LogP contribution in [0.3, 0.4) is 0 Å². The molecule has 0 atom stereocenters. The number of likely N-dealkylation sites (tertiary alicyclic amines) is 1. The van der Waals surface area contributed by atoms with Crippen LogP contribution in [0.25, 0.3) is 0 Å². The Morgan fingerprint density at radius 1 is 1.33 bits per heavy atom. The van der Waals surface area contributed by atoms with Crippen LogP contribution in [0, 0.1) is 0 Å². The number of nitrogens with one attached hydrogen (secondary N) is 1. The van der Waals surface area contributed by atoms with Gasteiger partial charge < -0.3 is 19.7 Å². The maximum atomic E-state index is 5.90. The van der Waals surface area contributed by atoms with E-state index in [9.17, 15) is 0 Å². The van der Waals surface area contributed by atoms with Gasteiger partial charge in [-0.1, -0.05) is 0 Å². The summed E-state index contributed by atoms with van der Waals surface area (Å²) in [6, 6.07) is 1.94. The molecule has 1 saturated heterocycles. The number of methoxy groups -OCH3 is 1. The van der Waals surface area contributed by atoms with E-state index in [1.807, 2.05) is 24.0 Å². The number of aliphatic imine (C=N–C) groups is 1. The van der Waals surface area contributed by atoms with Gasteiger partial charge in [0.1, 0.15) is 0 Å². The van der Waals surface area contributed by atoms with E-state index in [1.54, 1.807) is 13.3 Å². The van der Waals surface area contributed by atoms with Gasteiger partial charge in [-0.25, -0.2) is 0 Å². The van der Waals surface area contributed by atoms with E-state index in [-0.39, 0.29) is 24.0 Å². The van der Waals surface area contributed by atoms with Crippen molar-refractivity contribution < 1.29 is 9.47 Å². The molecule has 7 nitrogen and oxygen atoms in total. The summed E-state index contributed by atoms with van der Waals surface area (Å²) in [6.07, 6.45) is 7.20. The second kappa shape index (κ2) is 12.5. The molecular formula is C16H30IN5O2. The highest BCUT2D eigenvalue weighted by atomic mass is 127. The SMILES string of the molecule is CN=C(NCCn1cccn1)N1CCC(OCCCOC)CC1.I. The smallest absolute Gasteiger partial charge is 0.193 e. The Balaban J connectivity index is 0.00000288. The van der Waals surface area contributed by atoms with E-state index in [0.717, 1.165) is 64.6 Å². The minimum absolute atomic E-state index is 0. The molecule has 1 aromatic heterocycles. The second-order valence-corrected chi connectivity index (χ2v) is 5.65. The van der Waals surface area contributed by atoms with Gasteiger partial charge in [0.05, 0.1) is 12.6 Å². The summed E-state index contributed by atoms with van der Waals surface area (Å²) < 4.78 is 12.9. The Bertz CT molecular complexity index is 447. The van der Waals surface area contributed by atoms with Gasteiger partial charge in [0.15, 0.2) is 5.96 Å². The summed E-state index contributed by atoms with van der Waals surface area (Å²) in [4.78, 5) is 6.69. The van der Waals surface area contributed by atoms with Crippen LogP contribution < -0.4 is 5.32 Å². The predicted octanol–water partition coefficient (Wildman–Crippen LogP) is 1.59. The predicted molar refractivity (Wildman–Crippen MR) is 106 cm³/mol. The third-order valence-electron chi connectivity index (χ3n) is 3.98. The molecule has 0 bridgehead atoms. The van der Waals surface area contributed by atoms with Crippen molar-refractivity contribution in [1.29, 1.82) is 0 Å². The lowest BCUT2D eigenvalue weighted by molar-refractivity contribution is 0.00991. The quantitative estimate of drug-likeness (QED) is 0.282. The fraction of sp³-hybridized carbons (Fsp3) is 0.750. The first-order chi connectivity index (χ1) is 11.3. The van der Waals surface area contributed by atoms with Crippen LogP contribution >= 0.6 is 24.0 Å². The summed E-state index contributed by atoms with van der Waals surface area (Å²) in [5, 5.41) is 7.61. The maximum absolute atomic E-state index is 5.90. The number of hydrogen-bond acceptors (Lipinski definition) is 4. The molecular weight excluding hydrogens is 421 g/mol. The number of ether oxygens (including phenoxy) is 2. The van der Waals surface area contributed by atoms with Crippen molar-refractivity contribution in [3.63, 3.8) is 0 Å². The first-order valence-corrected chi connectivity index (χ1v) is 8.37. The van der Waals surface area contributed by atoms with Crippen LogP contribution in [0.1, 0.15) is 19.3 Å². The molecule has 1 aliphatic rings. The molecule has 1 aliphatic heterocycles. The summed E-state index contributed by atoms with van der Waals surface area (Å²) in [5.41, 5.74) is 0. The van der Waals surface area contributed by atoms with Crippen LogP contribution in [0.2, 0.25) is 0 Å². The molecule has 1 N–H and O–H groups in total. The molecule has 1 fully saturated rings. The van der Waals surface area contributed by atoms with Crippen molar-refractivity contribution in [2.75, 3.05) is 47.0 Å². The van der Waals surface area contributed by atoms with Crippen molar-refractivity contribution >= 4 is 29.9 Å².